The minimum absolute atomic E-state index is 0.103. The van der Waals surface area contributed by atoms with Crippen LogP contribution in [0, 0.1) is 0 Å². The summed E-state index contributed by atoms with van der Waals surface area (Å²) in [5.41, 5.74) is 2.51. The number of anilines is 1. The molecular formula is C22H21ClN4O3S. The lowest BCUT2D eigenvalue weighted by Gasteiger charge is -2.30. The summed E-state index contributed by atoms with van der Waals surface area (Å²) in [5.74, 6) is 0.941. The summed E-state index contributed by atoms with van der Waals surface area (Å²) < 4.78 is 11.9. The molecule has 2 heterocycles. The molecule has 0 fully saturated rings. The largest absolute Gasteiger partial charge is 0.494 e. The molecule has 0 N–H and O–H groups in total. The lowest BCUT2D eigenvalue weighted by atomic mass is 10.1. The lowest BCUT2D eigenvalue weighted by molar-refractivity contribution is -0.120. The molecule has 1 amide bonds. The number of nitrogens with zero attached hydrogens (tertiary/aromatic N) is 4. The first-order valence-electron chi connectivity index (χ1n) is 9.85. The van der Waals surface area contributed by atoms with Crippen LogP contribution >= 0.6 is 23.4 Å². The summed E-state index contributed by atoms with van der Waals surface area (Å²) in [5, 5.41) is 9.50. The molecule has 7 nitrogen and oxygen atoms in total. The molecule has 0 radical (unpaired) electrons. The highest BCUT2D eigenvalue weighted by atomic mass is 35.5. The number of aromatic nitrogens is 3. The van der Waals surface area contributed by atoms with Crippen molar-refractivity contribution < 1.29 is 14.3 Å². The quantitative estimate of drug-likeness (QED) is 0.491. The molecule has 0 bridgehead atoms. The number of hydrogen-bond acceptors (Lipinski definition) is 7. The van der Waals surface area contributed by atoms with Gasteiger partial charge in [0, 0.05) is 22.6 Å². The number of carbonyl (C=O) groups excluding carboxylic acids is 1. The van der Waals surface area contributed by atoms with Gasteiger partial charge in [-0.25, -0.2) is 0 Å². The van der Waals surface area contributed by atoms with Crippen LogP contribution < -0.4 is 14.4 Å². The average molecular weight is 457 g/mol. The van der Waals surface area contributed by atoms with Crippen molar-refractivity contribution >= 4 is 35.0 Å². The van der Waals surface area contributed by atoms with Crippen LogP contribution in [0.1, 0.15) is 32.1 Å². The zero-order valence-electron chi connectivity index (χ0n) is 17.3. The Morgan fingerprint density at radius 2 is 1.97 bits per heavy atom. The second kappa shape index (κ2) is 9.11. The van der Waals surface area contributed by atoms with E-state index in [1.165, 1.54) is 11.8 Å². The number of carbonyl (C=O) groups is 1. The summed E-state index contributed by atoms with van der Waals surface area (Å²) in [4.78, 5) is 19.3. The Labute approximate surface area is 189 Å². The number of ether oxygens (including phenoxy) is 2. The van der Waals surface area contributed by atoms with Gasteiger partial charge in [-0.2, -0.15) is 4.98 Å². The minimum atomic E-state index is -0.740. The van der Waals surface area contributed by atoms with Gasteiger partial charge in [0.15, 0.2) is 5.69 Å². The predicted molar refractivity (Wildman–Crippen MR) is 121 cm³/mol. The fourth-order valence-electron chi connectivity index (χ4n) is 3.38. The van der Waals surface area contributed by atoms with Crippen LogP contribution in [0.25, 0.3) is 11.3 Å². The molecule has 3 aromatic rings. The zero-order valence-corrected chi connectivity index (χ0v) is 18.9. The molecule has 2 aromatic carbocycles. The Morgan fingerprint density at radius 3 is 2.65 bits per heavy atom. The first-order valence-corrected chi connectivity index (χ1v) is 11.5. The highest BCUT2D eigenvalue weighted by molar-refractivity contribution is 7.98. The van der Waals surface area contributed by atoms with E-state index in [0.717, 1.165) is 11.3 Å². The van der Waals surface area contributed by atoms with Crippen molar-refractivity contribution in [2.45, 2.75) is 31.7 Å². The van der Waals surface area contributed by atoms with Gasteiger partial charge in [-0.1, -0.05) is 30.3 Å². The van der Waals surface area contributed by atoms with E-state index in [0.29, 0.717) is 46.0 Å². The molecule has 0 saturated heterocycles. The SMILES string of the molecule is CCOc1ccc([C@@H]2Oc3nc(SC)nnc3-c3cc(Cl)ccc3N2C(=O)CC)cc1. The van der Waals surface area contributed by atoms with Crippen molar-refractivity contribution in [3.05, 3.63) is 53.1 Å². The Morgan fingerprint density at radius 1 is 1.19 bits per heavy atom. The van der Waals surface area contributed by atoms with E-state index in [-0.39, 0.29) is 5.91 Å². The Hall–Kier alpha value is -2.84. The summed E-state index contributed by atoms with van der Waals surface area (Å²) in [6, 6.07) is 12.8. The van der Waals surface area contributed by atoms with Gasteiger partial charge >= 0.3 is 0 Å². The van der Waals surface area contributed by atoms with E-state index in [1.54, 1.807) is 23.1 Å². The lowest BCUT2D eigenvalue weighted by Crippen LogP contribution is -2.37. The van der Waals surface area contributed by atoms with Gasteiger partial charge in [-0.15, -0.1) is 10.2 Å². The zero-order chi connectivity index (χ0) is 22.0. The van der Waals surface area contributed by atoms with Crippen molar-refractivity contribution in [3.63, 3.8) is 0 Å². The Balaban J connectivity index is 1.92. The highest BCUT2D eigenvalue weighted by Gasteiger charge is 2.35. The molecular weight excluding hydrogens is 436 g/mol. The smallest absolute Gasteiger partial charge is 0.247 e. The molecule has 0 spiro atoms. The summed E-state index contributed by atoms with van der Waals surface area (Å²) >= 11 is 7.65. The number of thioether (sulfide) groups is 1. The van der Waals surface area contributed by atoms with Crippen molar-refractivity contribution in [2.24, 2.45) is 0 Å². The number of fused-ring (bicyclic) bond motifs is 3. The van der Waals surface area contributed by atoms with Gasteiger partial charge in [0.05, 0.1) is 12.3 Å². The van der Waals surface area contributed by atoms with Gasteiger partial charge in [-0.3, -0.25) is 9.69 Å². The molecule has 0 aliphatic carbocycles. The van der Waals surface area contributed by atoms with E-state index in [9.17, 15) is 4.79 Å². The molecule has 31 heavy (non-hydrogen) atoms. The summed E-state index contributed by atoms with van der Waals surface area (Å²) in [7, 11) is 0. The first kappa shape index (κ1) is 21.4. The topological polar surface area (TPSA) is 77.4 Å². The van der Waals surface area contributed by atoms with Crippen LogP contribution in [0.4, 0.5) is 5.69 Å². The van der Waals surface area contributed by atoms with Gasteiger partial charge in [0.2, 0.25) is 23.2 Å². The van der Waals surface area contributed by atoms with E-state index in [1.807, 2.05) is 44.4 Å². The molecule has 1 aliphatic heterocycles. The standard InChI is InChI=1S/C22H21ClN4O3S/c1-4-18(28)27-17-11-8-14(23)12-16(17)19-20(24-22(31-3)26-25-19)30-21(27)13-6-9-15(10-7-13)29-5-2/h6-12,21H,4-5H2,1-3H3/t21-/m0/s1. The third-order valence-corrected chi connectivity index (χ3v) is 5.57. The maximum atomic E-state index is 13.1. The second-order valence-electron chi connectivity index (χ2n) is 6.70. The third-order valence-electron chi connectivity index (χ3n) is 4.80. The maximum Gasteiger partial charge on any atom is 0.247 e. The molecule has 160 valence electrons. The number of halogens is 1. The number of amides is 1. The van der Waals surface area contributed by atoms with E-state index < -0.39 is 6.23 Å². The van der Waals surface area contributed by atoms with Crippen LogP contribution in [-0.4, -0.2) is 34.0 Å². The highest BCUT2D eigenvalue weighted by Crippen LogP contribution is 2.44. The fraction of sp³-hybridized carbons (Fsp3) is 0.273. The van der Waals surface area contributed by atoms with Gasteiger partial charge in [0.1, 0.15) is 5.75 Å². The summed E-state index contributed by atoms with van der Waals surface area (Å²) in [6.07, 6.45) is 1.42. The third kappa shape index (κ3) is 4.18. The first-order chi connectivity index (χ1) is 15.0. The van der Waals surface area contributed by atoms with Crippen molar-refractivity contribution in [3.8, 4) is 22.9 Å². The fourth-order valence-corrected chi connectivity index (χ4v) is 3.84. The predicted octanol–water partition coefficient (Wildman–Crippen LogP) is 5.15. The van der Waals surface area contributed by atoms with E-state index in [2.05, 4.69) is 15.2 Å². The molecule has 0 unspecified atom stereocenters. The minimum Gasteiger partial charge on any atom is -0.494 e. The average Bonchev–Trinajstić information content (AvgIpc) is 2.93. The van der Waals surface area contributed by atoms with Crippen LogP contribution in [-0.2, 0) is 4.79 Å². The van der Waals surface area contributed by atoms with Crippen LogP contribution in [0.15, 0.2) is 47.6 Å². The number of benzene rings is 2. The Bertz CT molecular complexity index is 1110. The molecule has 1 aliphatic rings. The summed E-state index contributed by atoms with van der Waals surface area (Å²) in [6.45, 7) is 4.31. The van der Waals surface area contributed by atoms with Crippen LogP contribution in [0.3, 0.4) is 0 Å². The molecule has 1 aromatic heterocycles. The molecule has 4 rings (SSSR count). The van der Waals surface area contributed by atoms with Gasteiger partial charge < -0.3 is 9.47 Å². The van der Waals surface area contributed by atoms with Crippen LogP contribution in [0.5, 0.6) is 11.6 Å². The maximum absolute atomic E-state index is 13.1. The van der Waals surface area contributed by atoms with Gasteiger partial charge in [-0.05, 0) is 55.6 Å². The number of hydrogen-bond donors (Lipinski definition) is 0. The van der Waals surface area contributed by atoms with Crippen molar-refractivity contribution in [1.82, 2.24) is 15.2 Å². The van der Waals surface area contributed by atoms with Crippen LogP contribution in [0.2, 0.25) is 5.02 Å². The van der Waals surface area contributed by atoms with Gasteiger partial charge in [0.25, 0.3) is 0 Å². The monoisotopic (exact) mass is 456 g/mol. The Kier molecular flexibility index (Phi) is 6.29. The van der Waals surface area contributed by atoms with E-state index in [4.69, 9.17) is 21.1 Å². The molecule has 1 atom stereocenters. The van der Waals surface area contributed by atoms with Crippen molar-refractivity contribution in [2.75, 3.05) is 17.8 Å². The van der Waals surface area contributed by atoms with E-state index >= 15 is 0 Å². The molecule has 9 heteroatoms. The number of rotatable bonds is 5. The second-order valence-corrected chi connectivity index (χ2v) is 7.91. The normalized spacial score (nSPS) is 14.8. The molecule has 0 saturated carbocycles. The van der Waals surface area contributed by atoms with Crippen molar-refractivity contribution in [1.29, 1.82) is 0 Å².